The Bertz CT molecular complexity index is 629. The minimum Gasteiger partial charge on any atom is -0.299 e. The van der Waals surface area contributed by atoms with Gasteiger partial charge in [0.2, 0.25) is 11.0 Å². The molecular weight excluding hydrogens is 320 g/mol. The number of carbonyl (C=O) groups excluding carboxylic acids is 1. The van der Waals surface area contributed by atoms with Crippen molar-refractivity contribution in [1.82, 2.24) is 15.1 Å². The van der Waals surface area contributed by atoms with Crippen molar-refractivity contribution in [3.05, 3.63) is 40.9 Å². The number of hydrogen-bond donors (Lipinski definition) is 1. The summed E-state index contributed by atoms with van der Waals surface area (Å²) in [7, 11) is 1.95. The van der Waals surface area contributed by atoms with Crippen LogP contribution in [0.1, 0.15) is 49.7 Å². The van der Waals surface area contributed by atoms with E-state index in [1.807, 2.05) is 49.2 Å². The lowest BCUT2D eigenvalue weighted by Crippen LogP contribution is -2.34. The maximum Gasteiger partial charge on any atom is 0.248 e. The Morgan fingerprint density at radius 3 is 2.62 bits per heavy atom. The third-order valence-corrected chi connectivity index (χ3v) is 4.89. The zero-order valence-electron chi connectivity index (χ0n) is 14.7. The molecule has 1 aromatic carbocycles. The molecule has 0 aliphatic heterocycles. The topological polar surface area (TPSA) is 58.1 Å². The van der Waals surface area contributed by atoms with Gasteiger partial charge in [-0.15, -0.1) is 10.2 Å². The summed E-state index contributed by atoms with van der Waals surface area (Å²) in [6, 6.07) is 9.49. The number of aromatic nitrogens is 2. The molecular formula is C18H26N4OS. The first-order valence-electron chi connectivity index (χ1n) is 8.54. The Labute approximate surface area is 148 Å². The van der Waals surface area contributed by atoms with Gasteiger partial charge in [0.1, 0.15) is 11.0 Å². The Balaban J connectivity index is 2.05. The number of carbonyl (C=O) groups is 1. The van der Waals surface area contributed by atoms with Crippen molar-refractivity contribution in [1.29, 1.82) is 0 Å². The molecule has 1 unspecified atom stereocenters. The zero-order chi connectivity index (χ0) is 17.4. The van der Waals surface area contributed by atoms with Crippen LogP contribution in [0.2, 0.25) is 0 Å². The van der Waals surface area contributed by atoms with Crippen LogP contribution < -0.4 is 5.32 Å². The fourth-order valence-electron chi connectivity index (χ4n) is 2.53. The van der Waals surface area contributed by atoms with Crippen molar-refractivity contribution in [2.45, 2.75) is 45.6 Å². The highest BCUT2D eigenvalue weighted by Crippen LogP contribution is 2.23. The molecule has 0 bridgehead atoms. The highest BCUT2D eigenvalue weighted by Gasteiger charge is 2.25. The van der Waals surface area contributed by atoms with Crippen molar-refractivity contribution >= 4 is 22.4 Å². The monoisotopic (exact) mass is 346 g/mol. The van der Waals surface area contributed by atoms with Crippen molar-refractivity contribution in [3.8, 4) is 0 Å². The second-order valence-corrected chi connectivity index (χ2v) is 6.90. The molecule has 0 spiro atoms. The van der Waals surface area contributed by atoms with Crippen LogP contribution >= 0.6 is 11.3 Å². The van der Waals surface area contributed by atoms with E-state index >= 15 is 0 Å². The first-order valence-corrected chi connectivity index (χ1v) is 9.35. The summed E-state index contributed by atoms with van der Waals surface area (Å²) < 4.78 is 0. The van der Waals surface area contributed by atoms with Crippen molar-refractivity contribution in [2.75, 3.05) is 18.9 Å². The van der Waals surface area contributed by atoms with Gasteiger partial charge in [-0.2, -0.15) is 0 Å². The van der Waals surface area contributed by atoms with Crippen molar-refractivity contribution in [2.24, 2.45) is 0 Å². The van der Waals surface area contributed by atoms with Crippen molar-refractivity contribution < 1.29 is 4.79 Å². The molecule has 1 atom stereocenters. The molecule has 24 heavy (non-hydrogen) atoms. The van der Waals surface area contributed by atoms with Gasteiger partial charge in [0.05, 0.1) is 0 Å². The predicted molar refractivity (Wildman–Crippen MR) is 99.3 cm³/mol. The summed E-state index contributed by atoms with van der Waals surface area (Å²) in [5, 5.41) is 12.8. The molecule has 1 N–H and O–H groups in total. The van der Waals surface area contributed by atoms with E-state index in [9.17, 15) is 4.79 Å². The van der Waals surface area contributed by atoms with Crippen LogP contribution in [-0.2, 0) is 11.2 Å². The first kappa shape index (κ1) is 18.5. The van der Waals surface area contributed by atoms with Crippen molar-refractivity contribution in [3.63, 3.8) is 0 Å². The van der Waals surface area contributed by atoms with Crippen LogP contribution in [0.25, 0.3) is 0 Å². The average molecular weight is 347 g/mol. The molecule has 0 fully saturated rings. The lowest BCUT2D eigenvalue weighted by Gasteiger charge is -2.25. The Morgan fingerprint density at radius 1 is 1.21 bits per heavy atom. The second-order valence-electron chi connectivity index (χ2n) is 5.83. The van der Waals surface area contributed by atoms with Gasteiger partial charge in [-0.3, -0.25) is 15.0 Å². The summed E-state index contributed by atoms with van der Waals surface area (Å²) in [5.41, 5.74) is 0.979. The number of hydrogen-bond acceptors (Lipinski definition) is 5. The minimum atomic E-state index is -0.330. The standard InChI is InChI=1S/C18H26N4OS/c1-4-6-8-13-15-20-21-18(24-15)19-17(23)16(22(3)5-2)14-11-9-7-10-12-14/h7,9-12,16H,4-6,8,13H2,1-3H3,(H,19,21,23). The Hall–Kier alpha value is -1.79. The molecule has 1 aromatic heterocycles. The third-order valence-electron chi connectivity index (χ3n) is 3.99. The number of rotatable bonds is 9. The molecule has 6 heteroatoms. The molecule has 1 heterocycles. The van der Waals surface area contributed by atoms with Gasteiger partial charge in [0.25, 0.3) is 0 Å². The number of likely N-dealkylation sites (N-methyl/N-ethyl adjacent to an activating group) is 1. The van der Waals surface area contributed by atoms with Gasteiger partial charge < -0.3 is 0 Å². The van der Waals surface area contributed by atoms with E-state index < -0.39 is 0 Å². The second kappa shape index (κ2) is 9.49. The highest BCUT2D eigenvalue weighted by molar-refractivity contribution is 7.15. The number of anilines is 1. The van der Waals surface area contributed by atoms with E-state index in [0.29, 0.717) is 5.13 Å². The number of amides is 1. The maximum absolute atomic E-state index is 12.8. The molecule has 2 rings (SSSR count). The molecule has 5 nitrogen and oxygen atoms in total. The molecule has 0 saturated heterocycles. The fourth-order valence-corrected chi connectivity index (χ4v) is 3.31. The smallest absolute Gasteiger partial charge is 0.248 e. The number of nitrogens with zero attached hydrogens (tertiary/aromatic N) is 3. The SMILES string of the molecule is CCCCCc1nnc(NC(=O)C(c2ccccc2)N(C)CC)s1. The molecule has 0 aliphatic rings. The molecule has 130 valence electrons. The van der Waals surface area contributed by atoms with Gasteiger partial charge >= 0.3 is 0 Å². The average Bonchev–Trinajstić information content (AvgIpc) is 3.03. The lowest BCUT2D eigenvalue weighted by atomic mass is 10.1. The Kier molecular flexibility index (Phi) is 7.34. The Morgan fingerprint density at radius 2 is 1.96 bits per heavy atom. The van der Waals surface area contributed by atoms with E-state index in [4.69, 9.17) is 0 Å². The molecule has 1 amide bonds. The van der Waals surface area contributed by atoms with E-state index in [0.717, 1.165) is 30.0 Å². The zero-order valence-corrected chi connectivity index (χ0v) is 15.5. The largest absolute Gasteiger partial charge is 0.299 e. The minimum absolute atomic E-state index is 0.0678. The van der Waals surface area contributed by atoms with Crippen LogP contribution in [-0.4, -0.2) is 34.6 Å². The van der Waals surface area contributed by atoms with E-state index in [1.165, 1.54) is 24.2 Å². The predicted octanol–water partition coefficient (Wildman–Crippen LogP) is 3.90. The van der Waals surface area contributed by atoms with E-state index in [1.54, 1.807) is 0 Å². The van der Waals surface area contributed by atoms with Gasteiger partial charge in [0.15, 0.2) is 0 Å². The normalized spacial score (nSPS) is 12.3. The first-order chi connectivity index (χ1) is 11.7. The van der Waals surface area contributed by atoms with Gasteiger partial charge in [-0.05, 0) is 25.6 Å². The van der Waals surface area contributed by atoms with Gasteiger partial charge in [-0.1, -0.05) is 68.4 Å². The maximum atomic E-state index is 12.8. The fraction of sp³-hybridized carbons (Fsp3) is 0.500. The number of unbranched alkanes of at least 4 members (excludes halogenated alkanes) is 2. The number of aryl methyl sites for hydroxylation is 1. The van der Waals surface area contributed by atoms with Crippen LogP contribution in [0.4, 0.5) is 5.13 Å². The van der Waals surface area contributed by atoms with E-state index in [-0.39, 0.29) is 11.9 Å². The molecule has 2 aromatic rings. The summed E-state index contributed by atoms with van der Waals surface area (Å²) in [4.78, 5) is 14.8. The van der Waals surface area contributed by atoms with Crippen LogP contribution in [0.3, 0.4) is 0 Å². The third kappa shape index (κ3) is 5.11. The van der Waals surface area contributed by atoms with Crippen LogP contribution in [0.15, 0.2) is 30.3 Å². The summed E-state index contributed by atoms with van der Waals surface area (Å²) >= 11 is 1.47. The summed E-state index contributed by atoms with van der Waals surface area (Å²) in [5.74, 6) is -0.0678. The van der Waals surface area contributed by atoms with Gasteiger partial charge in [-0.25, -0.2) is 0 Å². The van der Waals surface area contributed by atoms with Gasteiger partial charge in [0, 0.05) is 6.42 Å². The highest BCUT2D eigenvalue weighted by atomic mass is 32.1. The number of nitrogens with one attached hydrogen (secondary N) is 1. The molecule has 0 saturated carbocycles. The van der Waals surface area contributed by atoms with E-state index in [2.05, 4.69) is 22.4 Å². The lowest BCUT2D eigenvalue weighted by molar-refractivity contribution is -0.121. The summed E-state index contributed by atoms with van der Waals surface area (Å²) in [6.07, 6.45) is 4.42. The number of benzene rings is 1. The van der Waals surface area contributed by atoms with Crippen LogP contribution in [0.5, 0.6) is 0 Å². The molecule has 0 radical (unpaired) electrons. The molecule has 0 aliphatic carbocycles. The summed E-state index contributed by atoms with van der Waals surface area (Å²) in [6.45, 7) is 5.01. The van der Waals surface area contributed by atoms with Crippen LogP contribution in [0, 0.1) is 0 Å². The quantitative estimate of drug-likeness (QED) is 0.700.